The highest BCUT2D eigenvalue weighted by Gasteiger charge is 2.29. The van der Waals surface area contributed by atoms with Gasteiger partial charge in [0.1, 0.15) is 39.0 Å². The van der Waals surface area contributed by atoms with E-state index in [-0.39, 0.29) is 34.7 Å². The van der Waals surface area contributed by atoms with Crippen LogP contribution in [0, 0.1) is 11.0 Å². The first-order valence-electron chi connectivity index (χ1n) is 15.5. The van der Waals surface area contributed by atoms with Crippen molar-refractivity contribution in [1.29, 1.82) is 0 Å². The number of likely N-dealkylation sites (tertiary alicyclic amines) is 1. The molecule has 260 valence electrons. The highest BCUT2D eigenvalue weighted by Crippen LogP contribution is 2.36. The van der Waals surface area contributed by atoms with E-state index in [1.54, 1.807) is 48.5 Å². The van der Waals surface area contributed by atoms with Gasteiger partial charge in [-0.25, -0.2) is 14.0 Å². The minimum absolute atomic E-state index is 0.0588. The zero-order chi connectivity index (χ0) is 35.1. The molecular weight excluding hydrogens is 696 g/mol. The van der Waals surface area contributed by atoms with E-state index in [4.69, 9.17) is 42.1 Å². The third-order valence-electron chi connectivity index (χ3n) is 8.22. The normalized spacial score (nSPS) is 15.0. The minimum atomic E-state index is -1.05. The highest BCUT2D eigenvalue weighted by atomic mass is 35.5. The van der Waals surface area contributed by atoms with Crippen molar-refractivity contribution in [3.8, 4) is 11.5 Å². The van der Waals surface area contributed by atoms with Gasteiger partial charge in [0.2, 0.25) is 0 Å². The average Bonchev–Trinajstić information content (AvgIpc) is 3.56. The van der Waals surface area contributed by atoms with Crippen LogP contribution in [-0.4, -0.2) is 57.3 Å². The van der Waals surface area contributed by atoms with E-state index >= 15 is 0 Å². The fourth-order valence-corrected chi connectivity index (χ4v) is 6.97. The summed E-state index contributed by atoms with van der Waals surface area (Å²) in [6.07, 6.45) is 2.68. The molecule has 1 fully saturated rings. The summed E-state index contributed by atoms with van der Waals surface area (Å²) < 4.78 is 38.0. The van der Waals surface area contributed by atoms with Crippen LogP contribution in [0.15, 0.2) is 67.0 Å². The van der Waals surface area contributed by atoms with Gasteiger partial charge < -0.3 is 29.1 Å². The third kappa shape index (κ3) is 9.20. The first kappa shape index (κ1) is 36.3. The van der Waals surface area contributed by atoms with Crippen LogP contribution in [0.3, 0.4) is 0 Å². The quantitative estimate of drug-likeness (QED) is 0.0942. The molecule has 2 atom stereocenters. The summed E-state index contributed by atoms with van der Waals surface area (Å²) in [5, 5.41) is 15.2. The largest absolute Gasteiger partial charge is 0.619 e. The van der Waals surface area contributed by atoms with E-state index in [1.807, 2.05) is 7.05 Å². The van der Waals surface area contributed by atoms with Gasteiger partial charge in [0.05, 0.1) is 14.2 Å². The number of benzene rings is 2. The molecule has 1 aliphatic heterocycles. The summed E-state index contributed by atoms with van der Waals surface area (Å²) in [5.41, 5.74) is 1.17. The predicted octanol–water partition coefficient (Wildman–Crippen LogP) is 6.45. The second-order valence-electron chi connectivity index (χ2n) is 11.5. The number of thiophene rings is 1. The summed E-state index contributed by atoms with van der Waals surface area (Å²) in [5.74, 6) is -0.800. The molecule has 1 saturated heterocycles. The number of carbonyl (C=O) groups excluding carboxylic acids is 2. The number of hydrogen-bond acceptors (Lipinski definition) is 10. The van der Waals surface area contributed by atoms with Crippen molar-refractivity contribution >= 4 is 46.5 Å². The smallest absolute Gasteiger partial charge is 0.348 e. The third-order valence-corrected chi connectivity index (χ3v) is 9.94. The van der Waals surface area contributed by atoms with Gasteiger partial charge in [-0.1, -0.05) is 47.5 Å². The Morgan fingerprint density at radius 2 is 1.73 bits per heavy atom. The van der Waals surface area contributed by atoms with Crippen LogP contribution in [0.5, 0.6) is 11.5 Å². The second-order valence-corrected chi connectivity index (χ2v) is 13.5. The molecule has 0 radical (unpaired) electrons. The van der Waals surface area contributed by atoms with Gasteiger partial charge in [-0.3, -0.25) is 5.32 Å². The summed E-state index contributed by atoms with van der Waals surface area (Å²) in [6.45, 7) is 1.77. The Bertz CT molecular complexity index is 1760. The number of esters is 2. The lowest BCUT2D eigenvalue weighted by Gasteiger charge is -2.30. The zero-order valence-corrected chi connectivity index (χ0v) is 29.4. The lowest BCUT2D eigenvalue weighted by molar-refractivity contribution is -0.605. The van der Waals surface area contributed by atoms with Crippen molar-refractivity contribution in [3.05, 3.63) is 115 Å². The van der Waals surface area contributed by atoms with E-state index in [9.17, 15) is 19.2 Å². The van der Waals surface area contributed by atoms with Crippen LogP contribution < -0.4 is 19.5 Å². The van der Waals surface area contributed by atoms with Crippen molar-refractivity contribution in [2.45, 2.75) is 44.1 Å². The van der Waals surface area contributed by atoms with Crippen LogP contribution >= 0.6 is 34.5 Å². The summed E-state index contributed by atoms with van der Waals surface area (Å²) in [4.78, 5) is 30.1. The Labute approximate surface area is 297 Å². The number of rotatable bonds is 13. The molecule has 2 aromatic heterocycles. The van der Waals surface area contributed by atoms with E-state index in [2.05, 4.69) is 10.2 Å². The van der Waals surface area contributed by atoms with E-state index in [0.29, 0.717) is 50.0 Å². The van der Waals surface area contributed by atoms with Crippen molar-refractivity contribution in [1.82, 2.24) is 10.2 Å². The summed E-state index contributed by atoms with van der Waals surface area (Å²) in [6, 6.07) is 13.5. The lowest BCUT2D eigenvalue weighted by atomic mass is 10.0. The SMILES string of the molecule is COc1ccc([C@H](Cc2c(Cl)c[n+]([O-])cc2Cl)OC(=O)c2ccc(CNC(C(=O)OC3CCN(C)CC3)c3ccccc3F)s2)cc1OC. The molecule has 1 N–H and O–H groups in total. The standard InChI is InChI=1S/C35H36Cl2FN3O7S/c1-40-14-12-22(13-15-40)47-35(43)33(24-6-4-5-7-28(24)38)39-18-23-9-11-32(49-23)34(42)48-30(17-25-26(36)19-41(44)20-27(25)37)21-8-10-29(45-2)31(16-21)46-3/h4-11,16,19-20,22,30,33,39H,12-15,17-18H2,1-3H3/t30-,33?/m0/s1. The van der Waals surface area contributed by atoms with Gasteiger partial charge in [-0.2, -0.15) is 4.73 Å². The Morgan fingerprint density at radius 3 is 2.41 bits per heavy atom. The minimum Gasteiger partial charge on any atom is -0.619 e. The molecule has 5 rings (SSSR count). The Hall–Kier alpha value is -3.94. The average molecular weight is 733 g/mol. The van der Waals surface area contributed by atoms with Crippen molar-refractivity contribution in [2.75, 3.05) is 34.4 Å². The molecule has 0 amide bonds. The van der Waals surface area contributed by atoms with Gasteiger partial charge in [0.25, 0.3) is 0 Å². The predicted molar refractivity (Wildman–Crippen MR) is 184 cm³/mol. The van der Waals surface area contributed by atoms with Gasteiger partial charge in [-0.05, 0) is 55.8 Å². The molecule has 0 bridgehead atoms. The number of hydrogen-bond donors (Lipinski definition) is 1. The number of piperidine rings is 1. The molecule has 2 aromatic carbocycles. The maximum absolute atomic E-state index is 14.9. The number of nitrogens with one attached hydrogen (secondary N) is 1. The number of ether oxygens (including phenoxy) is 4. The van der Waals surface area contributed by atoms with Gasteiger partial charge in [-0.15, -0.1) is 11.3 Å². The van der Waals surface area contributed by atoms with Gasteiger partial charge >= 0.3 is 11.9 Å². The van der Waals surface area contributed by atoms with Gasteiger partial charge in [0.15, 0.2) is 23.9 Å². The Balaban J connectivity index is 1.33. The molecule has 1 aliphatic rings. The van der Waals surface area contributed by atoms with Crippen LogP contribution in [0.4, 0.5) is 4.39 Å². The number of methoxy groups -OCH3 is 2. The molecule has 0 saturated carbocycles. The monoisotopic (exact) mass is 731 g/mol. The molecule has 49 heavy (non-hydrogen) atoms. The van der Waals surface area contributed by atoms with E-state index in [0.717, 1.165) is 13.1 Å². The van der Waals surface area contributed by atoms with Crippen LogP contribution in [-0.2, 0) is 27.2 Å². The van der Waals surface area contributed by atoms with E-state index < -0.39 is 29.9 Å². The number of pyridine rings is 1. The molecule has 1 unspecified atom stereocenters. The van der Waals surface area contributed by atoms with Gasteiger partial charge in [0, 0.05) is 42.1 Å². The fourth-order valence-electron chi connectivity index (χ4n) is 5.53. The Kier molecular flexibility index (Phi) is 12.3. The zero-order valence-electron chi connectivity index (χ0n) is 27.1. The van der Waals surface area contributed by atoms with Crippen molar-refractivity contribution < 1.29 is 37.7 Å². The number of halogens is 3. The first-order chi connectivity index (χ1) is 23.6. The maximum atomic E-state index is 14.9. The molecule has 0 aliphatic carbocycles. The first-order valence-corrected chi connectivity index (χ1v) is 17.1. The topological polar surface area (TPSA) is 113 Å². The van der Waals surface area contributed by atoms with Crippen molar-refractivity contribution in [3.63, 3.8) is 0 Å². The number of aromatic nitrogens is 1. The van der Waals surface area contributed by atoms with Crippen molar-refractivity contribution in [2.24, 2.45) is 0 Å². The molecule has 14 heteroatoms. The number of carbonyl (C=O) groups is 2. The Morgan fingerprint density at radius 1 is 1.04 bits per heavy atom. The maximum Gasteiger partial charge on any atom is 0.348 e. The van der Waals surface area contributed by atoms with Crippen LogP contribution in [0.2, 0.25) is 10.0 Å². The second kappa shape index (κ2) is 16.6. The van der Waals surface area contributed by atoms with Crippen LogP contribution in [0.25, 0.3) is 0 Å². The van der Waals surface area contributed by atoms with E-state index in [1.165, 1.54) is 44.0 Å². The molecule has 4 aromatic rings. The highest BCUT2D eigenvalue weighted by molar-refractivity contribution is 7.13. The molecule has 0 spiro atoms. The number of nitrogens with zero attached hydrogens (tertiary/aromatic N) is 2. The fraction of sp³-hybridized carbons (Fsp3) is 0.343. The lowest BCUT2D eigenvalue weighted by Crippen LogP contribution is -2.38. The van der Waals surface area contributed by atoms with Crippen LogP contribution in [0.1, 0.15) is 56.2 Å². The molecular formula is C35H36Cl2FN3O7S. The molecule has 3 heterocycles. The molecule has 10 nitrogen and oxygen atoms in total. The summed E-state index contributed by atoms with van der Waals surface area (Å²) >= 11 is 13.9. The summed E-state index contributed by atoms with van der Waals surface area (Å²) in [7, 11) is 5.02.